The molecule has 2 aliphatic carbocycles. The van der Waals surface area contributed by atoms with Crippen LogP contribution in [0, 0.1) is 11.2 Å². The highest BCUT2D eigenvalue weighted by atomic mass is 19.1. The van der Waals surface area contributed by atoms with Gasteiger partial charge in [-0.3, -0.25) is 9.78 Å². The van der Waals surface area contributed by atoms with Crippen LogP contribution in [0.25, 0.3) is 0 Å². The summed E-state index contributed by atoms with van der Waals surface area (Å²) in [6.07, 6.45) is 17.9. The topological polar surface area (TPSA) is 111 Å². The average Bonchev–Trinajstić information content (AvgIpc) is 3.52. The highest BCUT2D eigenvalue weighted by molar-refractivity contribution is 5.97. The van der Waals surface area contributed by atoms with E-state index in [-0.39, 0.29) is 28.9 Å². The van der Waals surface area contributed by atoms with Gasteiger partial charge in [0.2, 0.25) is 0 Å². The summed E-state index contributed by atoms with van der Waals surface area (Å²) in [5.41, 5.74) is 2.68. The number of nitrogens with one attached hydrogen (secondary N) is 1. The molecule has 4 aromatic rings. The number of anilines is 1. The number of carbonyl (C=O) groups excluding carboxylic acids is 1. The van der Waals surface area contributed by atoms with Crippen molar-refractivity contribution in [1.82, 2.24) is 34.7 Å². The molecule has 3 fully saturated rings. The number of aromatic nitrogens is 5. The average molecular weight is 655 g/mol. The van der Waals surface area contributed by atoms with E-state index in [1.54, 1.807) is 6.20 Å². The molecule has 0 unspecified atom stereocenters. The summed E-state index contributed by atoms with van der Waals surface area (Å²) in [6, 6.07) is 6.58. The zero-order chi connectivity index (χ0) is 33.3. The van der Waals surface area contributed by atoms with Gasteiger partial charge in [0, 0.05) is 79.9 Å². The zero-order valence-electron chi connectivity index (χ0n) is 27.8. The summed E-state index contributed by atoms with van der Waals surface area (Å²) in [5.74, 6) is 1.40. The van der Waals surface area contributed by atoms with Crippen molar-refractivity contribution in [2.24, 2.45) is 5.41 Å². The number of hydrogen-bond acceptors (Lipinski definition) is 9. The number of halogens is 1. The van der Waals surface area contributed by atoms with E-state index in [9.17, 15) is 9.18 Å². The Labute approximate surface area is 280 Å². The number of pyridine rings is 1. The third-order valence-electron chi connectivity index (χ3n) is 9.73. The first kappa shape index (κ1) is 32.0. The van der Waals surface area contributed by atoms with Crippen LogP contribution in [0.1, 0.15) is 73.6 Å². The van der Waals surface area contributed by atoms with E-state index in [1.807, 2.05) is 44.8 Å². The van der Waals surface area contributed by atoms with Gasteiger partial charge in [0.25, 0.3) is 5.91 Å². The smallest absolute Gasteiger partial charge is 0.255 e. The third kappa shape index (κ3) is 6.85. The first-order valence-corrected chi connectivity index (χ1v) is 16.9. The van der Waals surface area contributed by atoms with E-state index in [4.69, 9.17) is 9.47 Å². The first-order chi connectivity index (χ1) is 23.2. The largest absolute Gasteiger partial charge is 0.490 e. The number of benzene rings is 1. The van der Waals surface area contributed by atoms with Gasteiger partial charge < -0.3 is 29.2 Å². The SMILES string of the molecule is CC(C)NC(=O)c1cc(F)ccc1Oc1cncnc1N1CC2(CC(Oc3ccnc4c3CN(C)CC4)C2)C1.c1cn(C2CCC2)cn1. The van der Waals surface area contributed by atoms with Crippen LogP contribution in [-0.2, 0) is 13.0 Å². The van der Waals surface area contributed by atoms with E-state index in [2.05, 4.69) is 46.7 Å². The van der Waals surface area contributed by atoms with Gasteiger partial charge in [-0.2, -0.15) is 0 Å². The predicted molar refractivity (Wildman–Crippen MR) is 179 cm³/mol. The lowest BCUT2D eigenvalue weighted by atomic mass is 9.61. The maximum Gasteiger partial charge on any atom is 0.255 e. The van der Waals surface area contributed by atoms with Gasteiger partial charge >= 0.3 is 0 Å². The van der Waals surface area contributed by atoms with Crippen LogP contribution in [0.4, 0.5) is 10.2 Å². The summed E-state index contributed by atoms with van der Waals surface area (Å²) in [6.45, 7) is 7.26. The Morgan fingerprint density at radius 2 is 1.90 bits per heavy atom. The molecule has 12 heteroatoms. The fourth-order valence-corrected chi connectivity index (χ4v) is 7.01. The monoisotopic (exact) mass is 654 g/mol. The fraction of sp³-hybridized carbons (Fsp3) is 0.472. The quantitative estimate of drug-likeness (QED) is 0.260. The summed E-state index contributed by atoms with van der Waals surface area (Å²) in [4.78, 5) is 34.3. The third-order valence-corrected chi connectivity index (χ3v) is 9.73. The molecule has 252 valence electrons. The Morgan fingerprint density at radius 1 is 1.06 bits per heavy atom. The second-order valence-corrected chi connectivity index (χ2v) is 13.9. The molecule has 2 saturated carbocycles. The zero-order valence-corrected chi connectivity index (χ0v) is 27.8. The van der Waals surface area contributed by atoms with Crippen molar-refractivity contribution in [2.45, 2.75) is 77.1 Å². The molecule has 48 heavy (non-hydrogen) atoms. The van der Waals surface area contributed by atoms with Crippen molar-refractivity contribution in [2.75, 3.05) is 31.6 Å². The number of hydrogen-bond donors (Lipinski definition) is 1. The molecule has 5 heterocycles. The van der Waals surface area contributed by atoms with Gasteiger partial charge in [0.05, 0.1) is 18.1 Å². The molecule has 1 saturated heterocycles. The number of nitrogens with zero attached hydrogens (tertiary/aromatic N) is 7. The Bertz CT molecular complexity index is 1730. The number of rotatable bonds is 8. The molecule has 1 aromatic carbocycles. The lowest BCUT2D eigenvalue weighted by molar-refractivity contribution is -0.0352. The van der Waals surface area contributed by atoms with Gasteiger partial charge in [-0.25, -0.2) is 19.3 Å². The van der Waals surface area contributed by atoms with E-state index in [1.165, 1.54) is 49.4 Å². The summed E-state index contributed by atoms with van der Waals surface area (Å²) in [5, 5.41) is 2.79. The lowest BCUT2D eigenvalue weighted by Crippen LogP contribution is -2.65. The van der Waals surface area contributed by atoms with E-state index < -0.39 is 11.7 Å². The molecule has 1 N–H and O–H groups in total. The van der Waals surface area contributed by atoms with Crippen molar-refractivity contribution in [3.63, 3.8) is 0 Å². The summed E-state index contributed by atoms with van der Waals surface area (Å²) < 4.78 is 28.7. The Kier molecular flexibility index (Phi) is 9.00. The number of amides is 1. The van der Waals surface area contributed by atoms with Crippen molar-refractivity contribution in [1.29, 1.82) is 0 Å². The van der Waals surface area contributed by atoms with Crippen LogP contribution < -0.4 is 19.7 Å². The second-order valence-electron chi connectivity index (χ2n) is 13.9. The standard InChI is InChI=1S/C29H33FN6O3.C7H10N2/c1-18(2)34-28(37)21-10-19(30)4-5-24(21)39-26-13-31-17-33-27(26)36-15-29(16-36)11-20(12-29)38-25-6-8-32-23-7-9-35(3)14-22(23)25;1-2-7(3-1)9-5-4-8-6-9/h4-6,8,10,13,17-18,20H,7,9,11-12,14-16H2,1-3H3,(H,34,37);4-7H,1-3H2. The molecule has 4 aliphatic rings. The summed E-state index contributed by atoms with van der Waals surface area (Å²) in [7, 11) is 2.13. The van der Waals surface area contributed by atoms with E-state index in [0.29, 0.717) is 11.6 Å². The Morgan fingerprint density at radius 3 is 2.62 bits per heavy atom. The molecule has 8 rings (SSSR count). The minimum absolute atomic E-state index is 0.0953. The van der Waals surface area contributed by atoms with Crippen molar-refractivity contribution in [3.05, 3.63) is 84.3 Å². The van der Waals surface area contributed by atoms with Crippen LogP contribution in [0.15, 0.2) is 61.7 Å². The number of likely N-dealkylation sites (N-methyl/N-ethyl adjacent to an activating group) is 1. The first-order valence-electron chi connectivity index (χ1n) is 16.9. The van der Waals surface area contributed by atoms with Gasteiger partial charge in [0.1, 0.15) is 29.7 Å². The molecular weight excluding hydrogens is 611 g/mol. The van der Waals surface area contributed by atoms with Crippen molar-refractivity contribution >= 4 is 11.7 Å². The minimum Gasteiger partial charge on any atom is -0.490 e. The molecule has 1 spiro atoms. The highest BCUT2D eigenvalue weighted by Crippen LogP contribution is 2.52. The number of ether oxygens (including phenoxy) is 2. The van der Waals surface area contributed by atoms with Gasteiger partial charge in [-0.05, 0) is 77.3 Å². The van der Waals surface area contributed by atoms with Crippen molar-refractivity contribution in [3.8, 4) is 17.2 Å². The van der Waals surface area contributed by atoms with Crippen LogP contribution in [0.5, 0.6) is 17.2 Å². The maximum atomic E-state index is 14.0. The van der Waals surface area contributed by atoms with E-state index in [0.717, 1.165) is 62.9 Å². The predicted octanol–water partition coefficient (Wildman–Crippen LogP) is 5.59. The van der Waals surface area contributed by atoms with Gasteiger partial charge in [-0.1, -0.05) is 0 Å². The normalized spacial score (nSPS) is 18.6. The Balaban J connectivity index is 0.000000347. The lowest BCUT2D eigenvalue weighted by Gasteiger charge is -2.59. The summed E-state index contributed by atoms with van der Waals surface area (Å²) >= 11 is 0. The van der Waals surface area contributed by atoms with Gasteiger partial charge in [0.15, 0.2) is 11.6 Å². The number of fused-ring (bicyclic) bond motifs is 1. The molecule has 2 aliphatic heterocycles. The molecule has 0 radical (unpaired) electrons. The fourth-order valence-electron chi connectivity index (χ4n) is 7.01. The molecular formula is C36H43FN8O3. The molecule has 0 bridgehead atoms. The molecule has 3 aromatic heterocycles. The van der Waals surface area contributed by atoms with Crippen LogP contribution in [0.2, 0.25) is 0 Å². The molecule has 0 atom stereocenters. The molecule has 1 amide bonds. The maximum absolute atomic E-state index is 14.0. The van der Waals surface area contributed by atoms with Crippen LogP contribution >= 0.6 is 0 Å². The van der Waals surface area contributed by atoms with Crippen molar-refractivity contribution < 1.29 is 18.7 Å². The number of carbonyl (C=O) groups is 1. The second kappa shape index (κ2) is 13.5. The minimum atomic E-state index is -0.508. The highest BCUT2D eigenvalue weighted by Gasteiger charge is 2.54. The van der Waals surface area contributed by atoms with Crippen LogP contribution in [0.3, 0.4) is 0 Å². The Hall–Kier alpha value is -4.58. The van der Waals surface area contributed by atoms with E-state index >= 15 is 0 Å². The van der Waals surface area contributed by atoms with Gasteiger partial charge in [-0.15, -0.1) is 0 Å². The molecule has 11 nitrogen and oxygen atoms in total. The number of imidazole rings is 1. The van der Waals surface area contributed by atoms with Crippen LogP contribution in [-0.4, -0.2) is 74.1 Å².